The van der Waals surface area contributed by atoms with Crippen molar-refractivity contribution in [1.29, 1.82) is 0 Å². The largest absolute Gasteiger partial charge is 0.483 e. The van der Waals surface area contributed by atoms with Gasteiger partial charge in [-0.1, -0.05) is 30.3 Å². The number of nitrogens with one attached hydrogen (secondary N) is 1. The first-order valence-electron chi connectivity index (χ1n) is 10.2. The Kier molecular flexibility index (Phi) is 5.75. The van der Waals surface area contributed by atoms with Crippen molar-refractivity contribution in [3.63, 3.8) is 0 Å². The molecule has 0 unspecified atom stereocenters. The summed E-state index contributed by atoms with van der Waals surface area (Å²) < 4.78 is 11.2. The minimum Gasteiger partial charge on any atom is -0.483 e. The Morgan fingerprint density at radius 3 is 2.52 bits per heavy atom. The molecule has 2 N–H and O–H groups in total. The van der Waals surface area contributed by atoms with Crippen molar-refractivity contribution in [2.75, 3.05) is 6.61 Å². The summed E-state index contributed by atoms with van der Waals surface area (Å²) in [5.41, 5.74) is 3.05. The van der Waals surface area contributed by atoms with E-state index in [0.29, 0.717) is 22.5 Å². The summed E-state index contributed by atoms with van der Waals surface area (Å²) >= 11 is 0. The molecule has 2 aromatic carbocycles. The van der Waals surface area contributed by atoms with Gasteiger partial charge >= 0.3 is 11.6 Å². The first-order valence-corrected chi connectivity index (χ1v) is 10.2. The first-order chi connectivity index (χ1) is 15.0. The molecule has 0 saturated carbocycles. The zero-order valence-corrected chi connectivity index (χ0v) is 17.1. The molecule has 0 aliphatic heterocycles. The number of hydrogen-bond acceptors (Lipinski definition) is 5. The van der Waals surface area contributed by atoms with Crippen molar-refractivity contribution < 1.29 is 23.8 Å². The Balaban J connectivity index is 1.52. The van der Waals surface area contributed by atoms with E-state index in [-0.39, 0.29) is 12.2 Å². The van der Waals surface area contributed by atoms with E-state index in [9.17, 15) is 19.5 Å². The normalized spacial score (nSPS) is 14.0. The van der Waals surface area contributed by atoms with Crippen LogP contribution in [0.25, 0.3) is 11.0 Å². The molecule has 0 spiro atoms. The smallest absolute Gasteiger partial charge is 0.339 e. The van der Waals surface area contributed by atoms with E-state index in [1.54, 1.807) is 43.3 Å². The third-order valence-corrected chi connectivity index (χ3v) is 5.63. The van der Waals surface area contributed by atoms with Crippen molar-refractivity contribution in [2.24, 2.45) is 0 Å². The van der Waals surface area contributed by atoms with Crippen LogP contribution in [0.5, 0.6) is 5.75 Å². The molecule has 0 radical (unpaired) electrons. The maximum Gasteiger partial charge on any atom is 0.339 e. The van der Waals surface area contributed by atoms with Gasteiger partial charge in [-0.25, -0.2) is 9.59 Å². The SMILES string of the molecule is Cc1c(OCC(=O)N[C@@H](C(=O)O)c2ccccc2)ccc2c3c(c(=O)oc12)CCCC3. The van der Waals surface area contributed by atoms with Gasteiger partial charge in [0.15, 0.2) is 12.6 Å². The highest BCUT2D eigenvalue weighted by atomic mass is 16.5. The van der Waals surface area contributed by atoms with E-state index >= 15 is 0 Å². The second-order valence-electron chi connectivity index (χ2n) is 7.66. The monoisotopic (exact) mass is 421 g/mol. The van der Waals surface area contributed by atoms with Crippen LogP contribution in [0, 0.1) is 6.92 Å². The molecule has 1 atom stereocenters. The lowest BCUT2D eigenvalue weighted by atomic mass is 9.90. The molecule has 7 heteroatoms. The second kappa shape index (κ2) is 8.63. The summed E-state index contributed by atoms with van der Waals surface area (Å²) in [7, 11) is 0. The lowest BCUT2D eigenvalue weighted by Gasteiger charge is -2.18. The molecule has 0 bridgehead atoms. The third kappa shape index (κ3) is 4.17. The molecule has 1 aliphatic rings. The highest BCUT2D eigenvalue weighted by Gasteiger charge is 2.23. The highest BCUT2D eigenvalue weighted by molar-refractivity contribution is 5.87. The van der Waals surface area contributed by atoms with E-state index in [1.807, 2.05) is 6.07 Å². The fourth-order valence-electron chi connectivity index (χ4n) is 4.06. The fourth-order valence-corrected chi connectivity index (χ4v) is 4.06. The van der Waals surface area contributed by atoms with E-state index in [2.05, 4.69) is 5.32 Å². The summed E-state index contributed by atoms with van der Waals surface area (Å²) in [6, 6.07) is 10.9. The van der Waals surface area contributed by atoms with Crippen molar-refractivity contribution in [2.45, 2.75) is 38.6 Å². The molecular formula is C24H23NO6. The lowest BCUT2D eigenvalue weighted by molar-refractivity contribution is -0.142. The Morgan fingerprint density at radius 2 is 1.81 bits per heavy atom. The van der Waals surface area contributed by atoms with Crippen LogP contribution in [0.2, 0.25) is 0 Å². The zero-order chi connectivity index (χ0) is 22.0. The highest BCUT2D eigenvalue weighted by Crippen LogP contribution is 2.32. The Morgan fingerprint density at radius 1 is 1.10 bits per heavy atom. The lowest BCUT2D eigenvalue weighted by Crippen LogP contribution is -2.36. The van der Waals surface area contributed by atoms with Crippen LogP contribution in [0.15, 0.2) is 51.7 Å². The van der Waals surface area contributed by atoms with E-state index in [0.717, 1.165) is 42.2 Å². The Bertz CT molecular complexity index is 1200. The third-order valence-electron chi connectivity index (χ3n) is 5.63. The zero-order valence-electron chi connectivity index (χ0n) is 17.1. The molecule has 0 fully saturated rings. The molecule has 31 heavy (non-hydrogen) atoms. The number of carbonyl (C=O) groups excluding carboxylic acids is 1. The number of benzene rings is 2. The first kappa shape index (κ1) is 20.7. The van der Waals surface area contributed by atoms with Crippen LogP contribution in [0.3, 0.4) is 0 Å². The molecule has 1 aliphatic carbocycles. The number of carboxylic acids is 1. The van der Waals surface area contributed by atoms with Crippen molar-refractivity contribution in [3.05, 3.63) is 75.1 Å². The number of aryl methyl sites for hydroxylation is 2. The number of amides is 1. The van der Waals surface area contributed by atoms with Gasteiger partial charge in [-0.05, 0) is 55.9 Å². The van der Waals surface area contributed by atoms with Crippen molar-refractivity contribution >= 4 is 22.8 Å². The summed E-state index contributed by atoms with van der Waals surface area (Å²) in [6.45, 7) is 1.41. The maximum atomic E-state index is 12.4. The van der Waals surface area contributed by atoms with E-state index in [4.69, 9.17) is 9.15 Å². The number of carbonyl (C=O) groups is 2. The second-order valence-corrected chi connectivity index (χ2v) is 7.66. The summed E-state index contributed by atoms with van der Waals surface area (Å²) in [5.74, 6) is -1.32. The van der Waals surface area contributed by atoms with Gasteiger partial charge in [0, 0.05) is 16.5 Å². The van der Waals surface area contributed by atoms with Gasteiger partial charge < -0.3 is 19.6 Å². The van der Waals surface area contributed by atoms with E-state index in [1.165, 1.54) is 0 Å². The summed E-state index contributed by atoms with van der Waals surface area (Å²) in [6.07, 6.45) is 3.60. The molecule has 1 aromatic heterocycles. The Labute approximate surface area is 178 Å². The molecule has 7 nitrogen and oxygen atoms in total. The standard InChI is InChI=1S/C24H23NO6/c1-14-19(12-11-17-16-9-5-6-10-18(16)24(29)31-22(14)17)30-13-20(26)25-21(23(27)28)15-7-3-2-4-8-15/h2-4,7-8,11-12,21H,5-6,9-10,13H2,1H3,(H,25,26)(H,27,28)/t21-/m1/s1. The van der Waals surface area contributed by atoms with Crippen LogP contribution in [0.4, 0.5) is 0 Å². The quantitative estimate of drug-likeness (QED) is 0.592. The Hall–Kier alpha value is -3.61. The van der Waals surface area contributed by atoms with Gasteiger partial charge in [0.1, 0.15) is 11.3 Å². The average molecular weight is 421 g/mol. The average Bonchev–Trinajstić information content (AvgIpc) is 2.78. The molecule has 4 rings (SSSR count). The topological polar surface area (TPSA) is 106 Å². The van der Waals surface area contributed by atoms with Crippen molar-refractivity contribution in [3.8, 4) is 5.75 Å². The van der Waals surface area contributed by atoms with Crippen LogP contribution in [-0.2, 0) is 22.4 Å². The fraction of sp³-hybridized carbons (Fsp3) is 0.292. The molecule has 3 aromatic rings. The summed E-state index contributed by atoms with van der Waals surface area (Å²) in [5, 5.41) is 12.8. The van der Waals surface area contributed by atoms with Gasteiger partial charge in [0.05, 0.1) is 0 Å². The number of aliphatic carboxylic acids is 1. The van der Waals surface area contributed by atoms with Gasteiger partial charge in [-0.2, -0.15) is 0 Å². The number of carboxylic acid groups (broad SMARTS) is 1. The minimum absolute atomic E-state index is 0.313. The number of fused-ring (bicyclic) bond motifs is 3. The molecule has 1 amide bonds. The minimum atomic E-state index is -1.17. The van der Waals surface area contributed by atoms with Crippen LogP contribution in [0.1, 0.15) is 41.1 Å². The van der Waals surface area contributed by atoms with Gasteiger partial charge in [0.25, 0.3) is 5.91 Å². The van der Waals surface area contributed by atoms with Crippen LogP contribution >= 0.6 is 0 Å². The van der Waals surface area contributed by atoms with Gasteiger partial charge in [-0.3, -0.25) is 4.79 Å². The predicted octanol–water partition coefficient (Wildman–Crippen LogP) is 3.30. The van der Waals surface area contributed by atoms with Gasteiger partial charge in [-0.15, -0.1) is 0 Å². The predicted molar refractivity (Wildman–Crippen MR) is 114 cm³/mol. The van der Waals surface area contributed by atoms with Gasteiger partial charge in [0.2, 0.25) is 0 Å². The number of rotatable bonds is 6. The molecular weight excluding hydrogens is 398 g/mol. The van der Waals surface area contributed by atoms with Crippen LogP contribution < -0.4 is 15.7 Å². The molecule has 1 heterocycles. The molecule has 0 saturated heterocycles. The number of ether oxygens (including phenoxy) is 1. The summed E-state index contributed by atoms with van der Waals surface area (Å²) in [4.78, 5) is 36.3. The van der Waals surface area contributed by atoms with Crippen molar-refractivity contribution in [1.82, 2.24) is 5.32 Å². The maximum absolute atomic E-state index is 12.4. The number of hydrogen-bond donors (Lipinski definition) is 2. The molecule has 160 valence electrons. The van der Waals surface area contributed by atoms with Crippen LogP contribution in [-0.4, -0.2) is 23.6 Å². The van der Waals surface area contributed by atoms with E-state index < -0.39 is 17.9 Å².